The Morgan fingerprint density at radius 3 is 2.55 bits per heavy atom. The van der Waals surface area contributed by atoms with Crippen LogP contribution in [0, 0.1) is 6.92 Å². The van der Waals surface area contributed by atoms with Gasteiger partial charge in [-0.3, -0.25) is 0 Å². The molecular weight excluding hydrogens is 250 g/mol. The molecule has 0 spiro atoms. The van der Waals surface area contributed by atoms with Gasteiger partial charge in [0.15, 0.2) is 0 Å². The van der Waals surface area contributed by atoms with Crippen LogP contribution in [0.25, 0.3) is 0 Å². The Kier molecular flexibility index (Phi) is 4.41. The third kappa shape index (κ3) is 3.18. The second-order valence-electron chi connectivity index (χ2n) is 4.87. The predicted octanol–water partition coefficient (Wildman–Crippen LogP) is 4.39. The van der Waals surface area contributed by atoms with Gasteiger partial charge in [0.05, 0.1) is 5.56 Å². The number of para-hydroxylation sites is 1. The van der Waals surface area contributed by atoms with E-state index in [0.29, 0.717) is 5.56 Å². The van der Waals surface area contributed by atoms with Crippen molar-refractivity contribution >= 4 is 17.3 Å². The summed E-state index contributed by atoms with van der Waals surface area (Å²) in [6.45, 7) is 4.07. The molecule has 3 heteroatoms. The van der Waals surface area contributed by atoms with Crippen molar-refractivity contribution in [2.75, 3.05) is 5.32 Å². The van der Waals surface area contributed by atoms with E-state index in [9.17, 15) is 4.79 Å². The number of carboxylic acids is 1. The molecule has 0 saturated heterocycles. The topological polar surface area (TPSA) is 49.3 Å². The number of carboxylic acid groups (broad SMARTS) is 1. The fourth-order valence-corrected chi connectivity index (χ4v) is 2.21. The minimum atomic E-state index is -0.897. The fourth-order valence-electron chi connectivity index (χ4n) is 2.21. The smallest absolute Gasteiger partial charge is 0.335 e. The van der Waals surface area contributed by atoms with Crippen LogP contribution in [0.5, 0.6) is 0 Å². The predicted molar refractivity (Wildman–Crippen MR) is 81.9 cm³/mol. The summed E-state index contributed by atoms with van der Waals surface area (Å²) in [7, 11) is 0. The van der Waals surface area contributed by atoms with Gasteiger partial charge in [-0.2, -0.15) is 0 Å². The molecule has 0 heterocycles. The largest absolute Gasteiger partial charge is 0.478 e. The molecule has 0 fully saturated rings. The molecule has 0 aliphatic heterocycles. The average Bonchev–Trinajstić information content (AvgIpc) is 2.43. The van der Waals surface area contributed by atoms with Crippen molar-refractivity contribution in [1.82, 2.24) is 0 Å². The van der Waals surface area contributed by atoms with Crippen molar-refractivity contribution in [3.8, 4) is 0 Å². The Morgan fingerprint density at radius 1 is 1.15 bits per heavy atom. The molecule has 0 aliphatic carbocycles. The molecule has 0 aromatic heterocycles. The van der Waals surface area contributed by atoms with Crippen LogP contribution in [0.4, 0.5) is 11.4 Å². The molecule has 104 valence electrons. The number of nitrogens with one attached hydrogen (secondary N) is 1. The van der Waals surface area contributed by atoms with E-state index in [1.807, 2.05) is 25.1 Å². The maximum Gasteiger partial charge on any atom is 0.335 e. The fraction of sp³-hybridized carbons (Fsp3) is 0.235. The third-order valence-corrected chi connectivity index (χ3v) is 3.28. The number of hydrogen-bond donors (Lipinski definition) is 2. The van der Waals surface area contributed by atoms with Crippen LogP contribution in [-0.4, -0.2) is 11.1 Å². The van der Waals surface area contributed by atoms with Crippen molar-refractivity contribution in [2.45, 2.75) is 26.7 Å². The first kappa shape index (κ1) is 14.1. The highest BCUT2D eigenvalue weighted by Crippen LogP contribution is 2.25. The van der Waals surface area contributed by atoms with Crippen molar-refractivity contribution in [1.29, 1.82) is 0 Å². The Bertz CT molecular complexity index is 620. The monoisotopic (exact) mass is 269 g/mol. The van der Waals surface area contributed by atoms with E-state index in [2.05, 4.69) is 24.4 Å². The van der Waals surface area contributed by atoms with E-state index in [-0.39, 0.29) is 0 Å². The van der Waals surface area contributed by atoms with E-state index in [4.69, 9.17) is 5.11 Å². The van der Waals surface area contributed by atoms with Crippen molar-refractivity contribution < 1.29 is 9.90 Å². The van der Waals surface area contributed by atoms with Gasteiger partial charge in [-0.1, -0.05) is 31.5 Å². The number of hydrogen-bond acceptors (Lipinski definition) is 2. The highest BCUT2D eigenvalue weighted by molar-refractivity contribution is 5.88. The van der Waals surface area contributed by atoms with E-state index in [1.54, 1.807) is 12.1 Å². The summed E-state index contributed by atoms with van der Waals surface area (Å²) in [5, 5.41) is 12.4. The van der Waals surface area contributed by atoms with Gasteiger partial charge in [-0.25, -0.2) is 4.79 Å². The molecule has 0 saturated carbocycles. The maximum absolute atomic E-state index is 10.9. The number of aryl methyl sites for hydroxylation is 2. The van der Waals surface area contributed by atoms with Crippen LogP contribution in [0.3, 0.4) is 0 Å². The van der Waals surface area contributed by atoms with E-state index >= 15 is 0 Å². The minimum Gasteiger partial charge on any atom is -0.478 e. The number of anilines is 2. The number of benzene rings is 2. The number of carbonyl (C=O) groups is 1. The van der Waals surface area contributed by atoms with Gasteiger partial charge in [0.1, 0.15) is 0 Å². The zero-order valence-corrected chi connectivity index (χ0v) is 11.8. The van der Waals surface area contributed by atoms with Gasteiger partial charge in [-0.05, 0) is 48.7 Å². The number of rotatable bonds is 5. The molecule has 0 amide bonds. The zero-order chi connectivity index (χ0) is 14.5. The van der Waals surface area contributed by atoms with Crippen molar-refractivity contribution in [2.24, 2.45) is 0 Å². The molecule has 2 aromatic carbocycles. The van der Waals surface area contributed by atoms with Gasteiger partial charge < -0.3 is 10.4 Å². The molecule has 0 radical (unpaired) electrons. The van der Waals surface area contributed by atoms with Gasteiger partial charge in [-0.15, -0.1) is 0 Å². The molecule has 0 atom stereocenters. The summed E-state index contributed by atoms with van der Waals surface area (Å²) in [5.41, 5.74) is 4.54. The molecule has 0 unspecified atom stereocenters. The molecule has 20 heavy (non-hydrogen) atoms. The summed E-state index contributed by atoms with van der Waals surface area (Å²) in [6.07, 6.45) is 2.12. The van der Waals surface area contributed by atoms with E-state index in [1.165, 1.54) is 5.56 Å². The Morgan fingerprint density at radius 2 is 1.90 bits per heavy atom. The van der Waals surface area contributed by atoms with Crippen LogP contribution in [0.2, 0.25) is 0 Å². The average molecular weight is 269 g/mol. The lowest BCUT2D eigenvalue weighted by atomic mass is 10.1. The van der Waals surface area contributed by atoms with Gasteiger partial charge >= 0.3 is 5.97 Å². The second-order valence-corrected chi connectivity index (χ2v) is 4.87. The Hall–Kier alpha value is -2.29. The quantitative estimate of drug-likeness (QED) is 0.846. The summed E-state index contributed by atoms with van der Waals surface area (Å²) in [5.74, 6) is -0.897. The normalized spacial score (nSPS) is 10.3. The summed E-state index contributed by atoms with van der Waals surface area (Å²) in [4.78, 5) is 10.9. The van der Waals surface area contributed by atoms with Gasteiger partial charge in [0, 0.05) is 11.4 Å². The molecule has 0 bridgehead atoms. The van der Waals surface area contributed by atoms with E-state index in [0.717, 1.165) is 29.8 Å². The molecule has 0 aliphatic rings. The third-order valence-electron chi connectivity index (χ3n) is 3.28. The van der Waals surface area contributed by atoms with E-state index < -0.39 is 5.97 Å². The van der Waals surface area contributed by atoms with Crippen LogP contribution in [0.15, 0.2) is 42.5 Å². The lowest BCUT2D eigenvalue weighted by molar-refractivity contribution is 0.0697. The van der Waals surface area contributed by atoms with Crippen LogP contribution in [-0.2, 0) is 6.42 Å². The van der Waals surface area contributed by atoms with Crippen LogP contribution >= 0.6 is 0 Å². The SMILES string of the molecule is CCCc1ccccc1Nc1ccc(C(=O)O)cc1C. The minimum absolute atomic E-state index is 0.315. The first-order chi connectivity index (χ1) is 9.61. The first-order valence-electron chi connectivity index (χ1n) is 6.80. The lowest BCUT2D eigenvalue weighted by Crippen LogP contribution is -2.01. The molecule has 2 N–H and O–H groups in total. The molecule has 2 rings (SSSR count). The Balaban J connectivity index is 2.28. The van der Waals surface area contributed by atoms with Crippen molar-refractivity contribution in [3.63, 3.8) is 0 Å². The zero-order valence-electron chi connectivity index (χ0n) is 11.8. The highest BCUT2D eigenvalue weighted by Gasteiger charge is 2.07. The molecule has 3 nitrogen and oxygen atoms in total. The highest BCUT2D eigenvalue weighted by atomic mass is 16.4. The maximum atomic E-state index is 10.9. The second kappa shape index (κ2) is 6.24. The van der Waals surface area contributed by atoms with Gasteiger partial charge in [0.25, 0.3) is 0 Å². The summed E-state index contributed by atoms with van der Waals surface area (Å²) < 4.78 is 0. The first-order valence-corrected chi connectivity index (χ1v) is 6.80. The Labute approximate surface area is 119 Å². The standard InChI is InChI=1S/C17H19NO2/c1-3-6-13-7-4-5-8-16(13)18-15-10-9-14(17(19)20)11-12(15)2/h4-5,7-11,18H,3,6H2,1-2H3,(H,19,20). The summed E-state index contributed by atoms with van der Waals surface area (Å²) >= 11 is 0. The van der Waals surface area contributed by atoms with Gasteiger partial charge in [0.2, 0.25) is 0 Å². The summed E-state index contributed by atoms with van der Waals surface area (Å²) in [6, 6.07) is 13.3. The van der Waals surface area contributed by atoms with Crippen molar-refractivity contribution in [3.05, 3.63) is 59.2 Å². The number of aromatic carboxylic acids is 1. The molecular formula is C17H19NO2. The molecule has 2 aromatic rings. The van der Waals surface area contributed by atoms with Crippen LogP contribution in [0.1, 0.15) is 34.8 Å². The lowest BCUT2D eigenvalue weighted by Gasteiger charge is -2.14. The van der Waals surface area contributed by atoms with Crippen LogP contribution < -0.4 is 5.32 Å².